The van der Waals surface area contributed by atoms with Gasteiger partial charge in [-0.05, 0) is 36.5 Å². The van der Waals surface area contributed by atoms with Crippen LogP contribution in [0.25, 0.3) is 11.5 Å². The van der Waals surface area contributed by atoms with Crippen molar-refractivity contribution in [2.45, 2.75) is 24.9 Å². The fourth-order valence-electron chi connectivity index (χ4n) is 2.02. The molecular formula is C12H9F3N2O2. The maximum Gasteiger partial charge on any atom is 0.416 e. The normalized spacial score (nSPS) is 15.7. The molecular weight excluding hydrogens is 261 g/mol. The molecule has 1 N–H and O–H groups in total. The Hall–Kier alpha value is -2.05. The number of aromatic nitrogens is 2. The van der Waals surface area contributed by atoms with Crippen LogP contribution in [0, 0.1) is 0 Å². The minimum Gasteiger partial charge on any atom is -0.465 e. The highest BCUT2D eigenvalue weighted by Gasteiger charge is 2.38. The summed E-state index contributed by atoms with van der Waals surface area (Å²) in [6.45, 7) is 0. The van der Waals surface area contributed by atoms with Crippen LogP contribution in [0.1, 0.15) is 29.9 Å². The van der Waals surface area contributed by atoms with Gasteiger partial charge >= 0.3 is 12.3 Å². The number of rotatable bonds is 2. The van der Waals surface area contributed by atoms with Crippen LogP contribution in [0.15, 0.2) is 22.6 Å². The minimum absolute atomic E-state index is 0.0123. The quantitative estimate of drug-likeness (QED) is 0.909. The Morgan fingerprint density at radius 2 is 1.95 bits per heavy atom. The van der Waals surface area contributed by atoms with Crippen molar-refractivity contribution in [2.75, 3.05) is 0 Å². The van der Waals surface area contributed by atoms with Crippen molar-refractivity contribution in [1.82, 2.24) is 10.2 Å². The third-order valence-electron chi connectivity index (χ3n) is 3.04. The molecule has 19 heavy (non-hydrogen) atoms. The van der Waals surface area contributed by atoms with Gasteiger partial charge in [-0.25, -0.2) is 0 Å². The molecule has 100 valence electrons. The summed E-state index contributed by atoms with van der Waals surface area (Å²) in [5, 5.41) is 15.6. The maximum absolute atomic E-state index is 13.0. The second-order valence-corrected chi connectivity index (χ2v) is 4.46. The van der Waals surface area contributed by atoms with Gasteiger partial charge in [0.2, 0.25) is 0 Å². The predicted molar refractivity (Wildman–Crippen MR) is 58.4 cm³/mol. The van der Waals surface area contributed by atoms with Crippen molar-refractivity contribution in [1.29, 1.82) is 0 Å². The summed E-state index contributed by atoms with van der Waals surface area (Å²) in [6.07, 6.45) is -3.53. The lowest BCUT2D eigenvalue weighted by molar-refractivity contribution is -0.138. The van der Waals surface area contributed by atoms with Crippen molar-refractivity contribution in [2.24, 2.45) is 0 Å². The molecule has 0 aliphatic heterocycles. The van der Waals surface area contributed by atoms with Gasteiger partial charge in [0.25, 0.3) is 5.89 Å². The fourth-order valence-corrected chi connectivity index (χ4v) is 2.02. The molecule has 2 aromatic rings. The highest BCUT2D eigenvalue weighted by atomic mass is 19.4. The number of aromatic hydroxyl groups is 1. The lowest BCUT2D eigenvalue weighted by Crippen LogP contribution is -2.09. The van der Waals surface area contributed by atoms with Crippen LogP contribution in [-0.4, -0.2) is 15.3 Å². The lowest BCUT2D eigenvalue weighted by atomic mass is 10.00. The van der Waals surface area contributed by atoms with Crippen LogP contribution >= 0.6 is 0 Å². The third kappa shape index (κ3) is 2.27. The Morgan fingerprint density at radius 1 is 1.21 bits per heavy atom. The van der Waals surface area contributed by atoms with Gasteiger partial charge < -0.3 is 9.52 Å². The van der Waals surface area contributed by atoms with Crippen molar-refractivity contribution in [3.63, 3.8) is 0 Å². The summed E-state index contributed by atoms with van der Waals surface area (Å²) in [5.74, 6) is -0.146. The summed E-state index contributed by atoms with van der Waals surface area (Å²) in [5.41, 5.74) is -0.227. The minimum atomic E-state index is -4.42. The molecule has 0 bridgehead atoms. The van der Waals surface area contributed by atoms with Crippen molar-refractivity contribution < 1.29 is 22.7 Å². The molecule has 0 unspecified atom stereocenters. The highest BCUT2D eigenvalue weighted by Crippen LogP contribution is 2.46. The van der Waals surface area contributed by atoms with Gasteiger partial charge in [0.05, 0.1) is 5.56 Å². The largest absolute Gasteiger partial charge is 0.465 e. The van der Waals surface area contributed by atoms with Gasteiger partial charge in [-0.1, -0.05) is 11.2 Å². The summed E-state index contributed by atoms with van der Waals surface area (Å²) in [7, 11) is 0. The van der Waals surface area contributed by atoms with Crippen LogP contribution < -0.4 is 0 Å². The molecule has 3 rings (SSSR count). The van der Waals surface area contributed by atoms with Crippen molar-refractivity contribution in [3.05, 3.63) is 29.3 Å². The van der Waals surface area contributed by atoms with Crippen molar-refractivity contribution >= 4 is 0 Å². The zero-order valence-electron chi connectivity index (χ0n) is 9.61. The third-order valence-corrected chi connectivity index (χ3v) is 3.04. The summed E-state index contributed by atoms with van der Waals surface area (Å²) in [4.78, 5) is 0. The fraction of sp³-hybridized carbons (Fsp3) is 0.333. The van der Waals surface area contributed by atoms with E-state index >= 15 is 0 Å². The average molecular weight is 270 g/mol. The van der Waals surface area contributed by atoms with Gasteiger partial charge in [0, 0.05) is 5.56 Å². The average Bonchev–Trinajstić information content (AvgIpc) is 3.10. The van der Waals surface area contributed by atoms with E-state index in [2.05, 4.69) is 10.2 Å². The Bertz CT molecular complexity index is 618. The van der Waals surface area contributed by atoms with Crippen LogP contribution in [0.2, 0.25) is 0 Å². The first kappa shape index (κ1) is 12.0. The zero-order valence-corrected chi connectivity index (χ0v) is 9.61. The molecule has 0 radical (unpaired) electrons. The van der Waals surface area contributed by atoms with Crippen LogP contribution in [0.4, 0.5) is 13.2 Å². The first-order valence-electron chi connectivity index (χ1n) is 5.69. The smallest absolute Gasteiger partial charge is 0.416 e. The molecule has 1 aromatic carbocycles. The van der Waals surface area contributed by atoms with Crippen LogP contribution in [0.3, 0.4) is 0 Å². The molecule has 0 atom stereocenters. The van der Waals surface area contributed by atoms with E-state index < -0.39 is 17.8 Å². The predicted octanol–water partition coefficient (Wildman–Crippen LogP) is 3.34. The number of benzene rings is 1. The monoisotopic (exact) mass is 270 g/mol. The first-order chi connectivity index (χ1) is 8.95. The highest BCUT2D eigenvalue weighted by molar-refractivity contribution is 5.57. The molecule has 0 spiro atoms. The Morgan fingerprint density at radius 3 is 2.47 bits per heavy atom. The number of hydrogen-bond acceptors (Lipinski definition) is 4. The summed E-state index contributed by atoms with van der Waals surface area (Å²) in [6, 6.07) is 3.92. The molecule has 1 saturated carbocycles. The molecule has 7 heteroatoms. The molecule has 1 aromatic heterocycles. The van der Waals surface area contributed by atoms with Gasteiger partial charge in [0.1, 0.15) is 0 Å². The van der Waals surface area contributed by atoms with E-state index in [-0.39, 0.29) is 17.4 Å². The number of halogens is 3. The summed E-state index contributed by atoms with van der Waals surface area (Å²) >= 11 is 0. The van der Waals surface area contributed by atoms with E-state index in [0.717, 1.165) is 18.9 Å². The van der Waals surface area contributed by atoms with Gasteiger partial charge in [-0.2, -0.15) is 13.2 Å². The number of alkyl halides is 3. The molecule has 1 fully saturated rings. The topological polar surface area (TPSA) is 59.2 Å². The molecule has 0 saturated heterocycles. The molecule has 4 nitrogen and oxygen atoms in total. The maximum atomic E-state index is 13.0. The van der Waals surface area contributed by atoms with E-state index in [0.29, 0.717) is 5.56 Å². The number of nitrogens with zero attached hydrogens (tertiary/aromatic N) is 2. The van der Waals surface area contributed by atoms with Gasteiger partial charge in [-0.15, -0.1) is 5.10 Å². The molecule has 1 aliphatic carbocycles. The van der Waals surface area contributed by atoms with Gasteiger partial charge in [-0.3, -0.25) is 0 Å². The van der Waals surface area contributed by atoms with Crippen molar-refractivity contribution in [3.8, 4) is 17.5 Å². The van der Waals surface area contributed by atoms with E-state index in [9.17, 15) is 13.2 Å². The van der Waals surface area contributed by atoms with E-state index in [4.69, 9.17) is 9.52 Å². The second kappa shape index (κ2) is 3.97. The van der Waals surface area contributed by atoms with E-state index in [1.807, 2.05) is 0 Å². The Balaban J connectivity index is 2.09. The van der Waals surface area contributed by atoms with E-state index in [1.165, 1.54) is 12.1 Å². The number of hydrogen-bond donors (Lipinski definition) is 1. The zero-order chi connectivity index (χ0) is 13.6. The molecule has 1 aliphatic rings. The van der Waals surface area contributed by atoms with Crippen LogP contribution in [-0.2, 0) is 6.18 Å². The summed E-state index contributed by atoms with van der Waals surface area (Å²) < 4.78 is 43.8. The van der Waals surface area contributed by atoms with Gasteiger partial charge in [0.15, 0.2) is 0 Å². The molecule has 0 amide bonds. The Kier molecular flexibility index (Phi) is 2.51. The van der Waals surface area contributed by atoms with Crippen LogP contribution in [0.5, 0.6) is 6.08 Å². The standard InChI is InChI=1S/C12H9F3N2O2/c13-12(14,15)9-5-7(10-16-17-11(18)19-10)3-4-8(9)6-1-2-6/h3-6H,1-2H2,(H,17,18). The second-order valence-electron chi connectivity index (χ2n) is 4.46. The lowest BCUT2D eigenvalue weighted by Gasteiger charge is -2.13. The van der Waals surface area contributed by atoms with E-state index in [1.54, 1.807) is 0 Å². The molecule has 1 heterocycles. The SMILES string of the molecule is Oc1nnc(-c2ccc(C3CC3)c(C(F)(F)F)c2)o1. The first-order valence-corrected chi connectivity index (χ1v) is 5.69. The Labute approximate surface area is 105 Å².